The SMILES string of the molecule is O=C(Nc1ccc(N2CCCCC2)c(C(=O)NCc2cccnc2)c1)c1ccc(Br)cc1. The van der Waals surface area contributed by atoms with Gasteiger partial charge in [-0.2, -0.15) is 0 Å². The zero-order valence-electron chi connectivity index (χ0n) is 17.7. The Balaban J connectivity index is 1.56. The molecule has 0 spiro atoms. The largest absolute Gasteiger partial charge is 0.371 e. The smallest absolute Gasteiger partial charge is 0.255 e. The molecule has 1 aliphatic heterocycles. The van der Waals surface area contributed by atoms with Gasteiger partial charge in [-0.3, -0.25) is 14.6 Å². The number of pyridine rings is 1. The highest BCUT2D eigenvalue weighted by atomic mass is 79.9. The maximum atomic E-state index is 13.2. The van der Waals surface area contributed by atoms with E-state index in [1.165, 1.54) is 6.42 Å². The minimum Gasteiger partial charge on any atom is -0.371 e. The van der Waals surface area contributed by atoms with Gasteiger partial charge in [0.2, 0.25) is 0 Å². The molecule has 0 unspecified atom stereocenters. The fourth-order valence-electron chi connectivity index (χ4n) is 3.79. The second-order valence-corrected chi connectivity index (χ2v) is 8.70. The van der Waals surface area contributed by atoms with E-state index in [1.807, 2.05) is 36.4 Å². The van der Waals surface area contributed by atoms with Crippen LogP contribution in [0.1, 0.15) is 45.5 Å². The minimum atomic E-state index is -0.218. The highest BCUT2D eigenvalue weighted by molar-refractivity contribution is 9.10. The van der Waals surface area contributed by atoms with Gasteiger partial charge in [-0.1, -0.05) is 22.0 Å². The van der Waals surface area contributed by atoms with Crippen LogP contribution in [-0.4, -0.2) is 29.9 Å². The number of hydrogen-bond donors (Lipinski definition) is 2. The van der Waals surface area contributed by atoms with Crippen LogP contribution in [0.25, 0.3) is 0 Å². The van der Waals surface area contributed by atoms with Gasteiger partial charge in [0, 0.05) is 53.4 Å². The number of hydrogen-bond acceptors (Lipinski definition) is 4. The molecular weight excluding hydrogens is 468 g/mol. The molecule has 1 fully saturated rings. The van der Waals surface area contributed by atoms with E-state index in [0.29, 0.717) is 23.4 Å². The molecule has 0 bridgehead atoms. The van der Waals surface area contributed by atoms with Gasteiger partial charge in [0.05, 0.1) is 5.56 Å². The van der Waals surface area contributed by atoms with Gasteiger partial charge in [0.1, 0.15) is 0 Å². The van der Waals surface area contributed by atoms with E-state index < -0.39 is 0 Å². The minimum absolute atomic E-state index is 0.172. The van der Waals surface area contributed by atoms with Gasteiger partial charge in [-0.05, 0) is 73.4 Å². The predicted octanol–water partition coefficient (Wildman–Crippen LogP) is 5.02. The fraction of sp³-hybridized carbons (Fsp3) is 0.240. The summed E-state index contributed by atoms with van der Waals surface area (Å²) < 4.78 is 0.910. The van der Waals surface area contributed by atoms with Crippen LogP contribution >= 0.6 is 15.9 Å². The zero-order valence-corrected chi connectivity index (χ0v) is 19.3. The Hall–Kier alpha value is -3.19. The van der Waals surface area contributed by atoms with E-state index >= 15 is 0 Å². The molecule has 3 aromatic rings. The number of carbonyl (C=O) groups excluding carboxylic acids is 2. The number of aromatic nitrogens is 1. The normalized spacial score (nSPS) is 13.5. The molecule has 2 aromatic carbocycles. The molecule has 6 nitrogen and oxygen atoms in total. The van der Waals surface area contributed by atoms with Crippen LogP contribution in [-0.2, 0) is 6.54 Å². The molecular formula is C25H25BrN4O2. The van der Waals surface area contributed by atoms with Crippen molar-refractivity contribution < 1.29 is 9.59 Å². The second-order valence-electron chi connectivity index (χ2n) is 7.78. The lowest BCUT2D eigenvalue weighted by atomic mass is 10.1. The molecule has 1 saturated heterocycles. The summed E-state index contributed by atoms with van der Waals surface area (Å²) in [6.45, 7) is 2.24. The summed E-state index contributed by atoms with van der Waals surface area (Å²) in [5, 5.41) is 5.90. The van der Waals surface area contributed by atoms with Crippen molar-refractivity contribution in [1.82, 2.24) is 10.3 Å². The lowest BCUT2D eigenvalue weighted by Gasteiger charge is -2.30. The Morgan fingerprint density at radius 1 is 0.969 bits per heavy atom. The van der Waals surface area contributed by atoms with Crippen LogP contribution in [0.15, 0.2) is 71.5 Å². The Labute approximate surface area is 196 Å². The number of rotatable bonds is 6. The first kappa shape index (κ1) is 22.0. The Morgan fingerprint density at radius 3 is 2.47 bits per heavy atom. The quantitative estimate of drug-likeness (QED) is 0.506. The number of piperidine rings is 1. The molecule has 2 N–H and O–H groups in total. The van der Waals surface area contributed by atoms with E-state index in [0.717, 1.165) is 41.7 Å². The van der Waals surface area contributed by atoms with E-state index in [2.05, 4.69) is 36.4 Å². The molecule has 0 atom stereocenters. The van der Waals surface area contributed by atoms with Crippen molar-refractivity contribution in [3.63, 3.8) is 0 Å². The van der Waals surface area contributed by atoms with Crippen LogP contribution in [0.2, 0.25) is 0 Å². The van der Waals surface area contributed by atoms with E-state index in [1.54, 1.807) is 30.6 Å². The summed E-state index contributed by atoms with van der Waals surface area (Å²) in [6, 6.07) is 16.5. The third-order valence-electron chi connectivity index (χ3n) is 5.48. The topological polar surface area (TPSA) is 74.3 Å². The second kappa shape index (κ2) is 10.4. The number of nitrogens with zero attached hydrogens (tertiary/aromatic N) is 2. The summed E-state index contributed by atoms with van der Waals surface area (Å²) in [7, 11) is 0. The Kier molecular flexibility index (Phi) is 7.17. The van der Waals surface area contributed by atoms with Crippen molar-refractivity contribution in [3.05, 3.63) is 88.2 Å². The predicted molar refractivity (Wildman–Crippen MR) is 130 cm³/mol. The molecule has 1 aliphatic rings. The first-order chi connectivity index (χ1) is 15.6. The highest BCUT2D eigenvalue weighted by Gasteiger charge is 2.20. The van der Waals surface area contributed by atoms with Gasteiger partial charge in [-0.15, -0.1) is 0 Å². The monoisotopic (exact) mass is 492 g/mol. The standard InChI is InChI=1S/C25H25BrN4O2/c26-20-8-6-19(7-9-20)24(31)29-21-10-11-23(30-13-2-1-3-14-30)22(15-21)25(32)28-17-18-5-4-12-27-16-18/h4-12,15-16H,1-3,13-14,17H2,(H,28,32)(H,29,31). The van der Waals surface area contributed by atoms with Crippen molar-refractivity contribution in [2.75, 3.05) is 23.3 Å². The lowest BCUT2D eigenvalue weighted by Crippen LogP contribution is -2.32. The van der Waals surface area contributed by atoms with Gasteiger partial charge in [0.15, 0.2) is 0 Å². The maximum Gasteiger partial charge on any atom is 0.255 e. The van der Waals surface area contributed by atoms with Crippen molar-refractivity contribution in [2.45, 2.75) is 25.8 Å². The number of anilines is 2. The van der Waals surface area contributed by atoms with Crippen LogP contribution in [0, 0.1) is 0 Å². The maximum absolute atomic E-state index is 13.2. The molecule has 32 heavy (non-hydrogen) atoms. The van der Waals surface area contributed by atoms with Crippen LogP contribution in [0.3, 0.4) is 0 Å². The summed E-state index contributed by atoms with van der Waals surface area (Å²) in [5.41, 5.74) is 3.53. The number of carbonyl (C=O) groups is 2. The van der Waals surface area contributed by atoms with Crippen molar-refractivity contribution in [3.8, 4) is 0 Å². The molecule has 7 heteroatoms. The zero-order chi connectivity index (χ0) is 22.3. The molecule has 164 valence electrons. The summed E-state index contributed by atoms with van der Waals surface area (Å²) in [6.07, 6.45) is 6.87. The Bertz CT molecular complexity index is 1080. The number of nitrogens with one attached hydrogen (secondary N) is 2. The van der Waals surface area contributed by atoms with Crippen molar-refractivity contribution in [2.24, 2.45) is 0 Å². The fourth-order valence-corrected chi connectivity index (χ4v) is 4.06. The van der Waals surface area contributed by atoms with Gasteiger partial charge >= 0.3 is 0 Å². The van der Waals surface area contributed by atoms with Gasteiger partial charge in [-0.25, -0.2) is 0 Å². The first-order valence-corrected chi connectivity index (χ1v) is 11.5. The van der Waals surface area contributed by atoms with E-state index in [9.17, 15) is 9.59 Å². The summed E-state index contributed by atoms with van der Waals surface area (Å²) >= 11 is 3.38. The third kappa shape index (κ3) is 5.53. The van der Waals surface area contributed by atoms with Crippen LogP contribution in [0.5, 0.6) is 0 Å². The van der Waals surface area contributed by atoms with Gasteiger partial charge < -0.3 is 15.5 Å². The molecule has 2 heterocycles. The summed E-state index contributed by atoms with van der Waals surface area (Å²) in [4.78, 5) is 32.2. The van der Waals surface area contributed by atoms with Crippen molar-refractivity contribution >= 4 is 39.1 Å². The molecule has 0 saturated carbocycles. The molecule has 2 amide bonds. The van der Waals surface area contributed by atoms with Crippen LogP contribution in [0.4, 0.5) is 11.4 Å². The first-order valence-electron chi connectivity index (χ1n) is 10.7. The third-order valence-corrected chi connectivity index (χ3v) is 6.01. The van der Waals surface area contributed by atoms with Gasteiger partial charge in [0.25, 0.3) is 11.8 Å². The molecule has 4 rings (SSSR count). The van der Waals surface area contributed by atoms with E-state index in [-0.39, 0.29) is 11.8 Å². The lowest BCUT2D eigenvalue weighted by molar-refractivity contribution is 0.0950. The number of benzene rings is 2. The summed E-state index contributed by atoms with van der Waals surface area (Å²) in [5.74, 6) is -0.390. The highest BCUT2D eigenvalue weighted by Crippen LogP contribution is 2.28. The number of amides is 2. The van der Waals surface area contributed by atoms with E-state index in [4.69, 9.17) is 0 Å². The number of halogens is 1. The Morgan fingerprint density at radius 2 is 1.75 bits per heavy atom. The molecule has 0 radical (unpaired) electrons. The van der Waals surface area contributed by atoms with Crippen molar-refractivity contribution in [1.29, 1.82) is 0 Å². The average molecular weight is 493 g/mol. The molecule has 0 aliphatic carbocycles. The molecule has 1 aromatic heterocycles. The van der Waals surface area contributed by atoms with Crippen LogP contribution < -0.4 is 15.5 Å². The average Bonchev–Trinajstić information content (AvgIpc) is 2.84.